The Bertz CT molecular complexity index is 2420. The molecule has 0 aliphatic carbocycles. The Morgan fingerprint density at radius 3 is 1.76 bits per heavy atom. The molecular formula is C40H26N4S. The number of fused-ring (bicyclic) bond motifs is 6. The van der Waals surface area contributed by atoms with Crippen LogP contribution in [0.15, 0.2) is 158 Å². The van der Waals surface area contributed by atoms with Crippen LogP contribution in [0.5, 0.6) is 0 Å². The molecular weight excluding hydrogens is 569 g/mol. The molecule has 0 fully saturated rings. The standard InChI is InChI=1S/C40H26N4S/c1-2-10-29(11-3-1)43(30-19-21-31(22-20-30)44-36-15-7-4-12-32(36)33-13-5-8-16-37(33)44)40-41-25-28(26-42-40)27-18-23-39-35(24-27)34-14-6-9-17-38(34)45-39/h1-26H. The minimum Gasteiger partial charge on any atom is -0.309 e. The maximum absolute atomic E-state index is 4.90. The van der Waals surface area contributed by atoms with Gasteiger partial charge in [-0.1, -0.05) is 78.9 Å². The highest BCUT2D eigenvalue weighted by atomic mass is 32.1. The van der Waals surface area contributed by atoms with E-state index in [1.807, 2.05) is 41.9 Å². The van der Waals surface area contributed by atoms with Crippen molar-refractivity contribution in [3.05, 3.63) is 158 Å². The molecule has 0 radical (unpaired) electrons. The minimum atomic E-state index is 0.622. The van der Waals surface area contributed by atoms with Gasteiger partial charge in [-0.25, -0.2) is 9.97 Å². The Labute approximate surface area is 264 Å². The molecule has 6 aromatic carbocycles. The van der Waals surface area contributed by atoms with E-state index < -0.39 is 0 Å². The number of aromatic nitrogens is 3. The molecule has 0 saturated heterocycles. The summed E-state index contributed by atoms with van der Waals surface area (Å²) in [4.78, 5) is 11.9. The average molecular weight is 595 g/mol. The number of anilines is 3. The van der Waals surface area contributed by atoms with Crippen molar-refractivity contribution in [3.63, 3.8) is 0 Å². The highest BCUT2D eigenvalue weighted by molar-refractivity contribution is 7.25. The lowest BCUT2D eigenvalue weighted by molar-refractivity contribution is 1.08. The highest BCUT2D eigenvalue weighted by Gasteiger charge is 2.17. The van der Waals surface area contributed by atoms with Crippen molar-refractivity contribution in [1.82, 2.24) is 14.5 Å². The van der Waals surface area contributed by atoms with Gasteiger partial charge in [-0.15, -0.1) is 11.3 Å². The van der Waals surface area contributed by atoms with E-state index in [0.717, 1.165) is 28.2 Å². The van der Waals surface area contributed by atoms with Crippen LogP contribution in [0, 0.1) is 0 Å². The van der Waals surface area contributed by atoms with Crippen molar-refractivity contribution in [2.24, 2.45) is 0 Å². The first-order valence-electron chi connectivity index (χ1n) is 15.0. The summed E-state index contributed by atoms with van der Waals surface area (Å²) < 4.78 is 4.93. The van der Waals surface area contributed by atoms with E-state index in [1.54, 1.807) is 0 Å². The lowest BCUT2D eigenvalue weighted by atomic mass is 10.1. The molecule has 5 heteroatoms. The third-order valence-electron chi connectivity index (χ3n) is 8.51. The maximum atomic E-state index is 4.90. The van der Waals surface area contributed by atoms with Gasteiger partial charge in [0.05, 0.1) is 11.0 Å². The fourth-order valence-corrected chi connectivity index (χ4v) is 7.49. The van der Waals surface area contributed by atoms with Crippen LogP contribution in [0.25, 0.3) is 58.8 Å². The maximum Gasteiger partial charge on any atom is 0.234 e. The predicted molar refractivity (Wildman–Crippen MR) is 189 cm³/mol. The molecule has 9 rings (SSSR count). The normalized spacial score (nSPS) is 11.6. The number of rotatable bonds is 5. The summed E-state index contributed by atoms with van der Waals surface area (Å²) in [7, 11) is 0. The van der Waals surface area contributed by atoms with Crippen LogP contribution in [0.4, 0.5) is 17.3 Å². The number of hydrogen-bond acceptors (Lipinski definition) is 4. The minimum absolute atomic E-state index is 0.622. The fraction of sp³-hybridized carbons (Fsp3) is 0. The van der Waals surface area contributed by atoms with Crippen molar-refractivity contribution in [2.45, 2.75) is 0 Å². The van der Waals surface area contributed by atoms with Gasteiger partial charge in [-0.05, 0) is 72.3 Å². The Balaban J connectivity index is 1.11. The first-order chi connectivity index (χ1) is 22.3. The molecule has 0 unspecified atom stereocenters. The van der Waals surface area contributed by atoms with Gasteiger partial charge in [0.2, 0.25) is 5.95 Å². The molecule has 0 amide bonds. The Morgan fingerprint density at radius 2 is 1.04 bits per heavy atom. The number of hydrogen-bond donors (Lipinski definition) is 0. The number of para-hydroxylation sites is 3. The Hall–Kier alpha value is -5.78. The van der Waals surface area contributed by atoms with Crippen LogP contribution in [0.1, 0.15) is 0 Å². The second-order valence-corrected chi connectivity index (χ2v) is 12.2. The molecule has 9 aromatic rings. The molecule has 0 saturated carbocycles. The first kappa shape index (κ1) is 25.7. The molecule has 3 heterocycles. The van der Waals surface area contributed by atoms with E-state index >= 15 is 0 Å². The molecule has 212 valence electrons. The molecule has 0 spiro atoms. The molecule has 0 aliphatic rings. The molecule has 0 atom stereocenters. The van der Waals surface area contributed by atoms with Crippen molar-refractivity contribution in [2.75, 3.05) is 4.90 Å². The zero-order valence-corrected chi connectivity index (χ0v) is 25.0. The molecule has 0 bridgehead atoms. The summed E-state index contributed by atoms with van der Waals surface area (Å²) in [5.74, 6) is 0.622. The Kier molecular flexibility index (Phi) is 5.96. The molecule has 0 N–H and O–H groups in total. The highest BCUT2D eigenvalue weighted by Crippen LogP contribution is 2.38. The van der Waals surface area contributed by atoms with Gasteiger partial charge in [0, 0.05) is 66.0 Å². The first-order valence-corrected chi connectivity index (χ1v) is 15.8. The third-order valence-corrected chi connectivity index (χ3v) is 9.66. The summed E-state index contributed by atoms with van der Waals surface area (Å²) in [5, 5.41) is 5.06. The number of thiophene rings is 1. The monoisotopic (exact) mass is 594 g/mol. The second-order valence-electron chi connectivity index (χ2n) is 11.1. The zero-order valence-electron chi connectivity index (χ0n) is 24.2. The van der Waals surface area contributed by atoms with Crippen LogP contribution in [-0.2, 0) is 0 Å². The van der Waals surface area contributed by atoms with E-state index in [4.69, 9.17) is 9.97 Å². The number of nitrogens with zero attached hydrogens (tertiary/aromatic N) is 4. The summed E-state index contributed by atoms with van der Waals surface area (Å²) in [6.07, 6.45) is 3.86. The summed E-state index contributed by atoms with van der Waals surface area (Å²) >= 11 is 1.83. The van der Waals surface area contributed by atoms with E-state index in [1.165, 1.54) is 42.0 Å². The lowest BCUT2D eigenvalue weighted by Crippen LogP contribution is -2.13. The van der Waals surface area contributed by atoms with Crippen LogP contribution in [0.3, 0.4) is 0 Å². The largest absolute Gasteiger partial charge is 0.309 e. The van der Waals surface area contributed by atoms with E-state index in [2.05, 4.69) is 137 Å². The average Bonchev–Trinajstić information content (AvgIpc) is 3.65. The van der Waals surface area contributed by atoms with Crippen molar-refractivity contribution in [1.29, 1.82) is 0 Å². The van der Waals surface area contributed by atoms with Crippen LogP contribution in [0.2, 0.25) is 0 Å². The topological polar surface area (TPSA) is 34.0 Å². The molecule has 3 aromatic heterocycles. The van der Waals surface area contributed by atoms with Gasteiger partial charge in [0.25, 0.3) is 0 Å². The zero-order chi connectivity index (χ0) is 29.7. The smallest absolute Gasteiger partial charge is 0.234 e. The van der Waals surface area contributed by atoms with Gasteiger partial charge >= 0.3 is 0 Å². The van der Waals surface area contributed by atoms with Crippen LogP contribution < -0.4 is 4.90 Å². The third kappa shape index (κ3) is 4.28. The predicted octanol–water partition coefficient (Wildman–Crippen LogP) is 11.1. The van der Waals surface area contributed by atoms with Gasteiger partial charge in [-0.2, -0.15) is 0 Å². The van der Waals surface area contributed by atoms with Crippen LogP contribution >= 0.6 is 11.3 Å². The fourth-order valence-electron chi connectivity index (χ4n) is 6.40. The van der Waals surface area contributed by atoms with Crippen LogP contribution in [-0.4, -0.2) is 14.5 Å². The van der Waals surface area contributed by atoms with Crippen molar-refractivity contribution < 1.29 is 0 Å². The lowest BCUT2D eigenvalue weighted by Gasteiger charge is -2.23. The van der Waals surface area contributed by atoms with Gasteiger partial charge in [0.1, 0.15) is 0 Å². The van der Waals surface area contributed by atoms with Crippen molar-refractivity contribution in [3.8, 4) is 16.8 Å². The Morgan fingerprint density at radius 1 is 0.467 bits per heavy atom. The SMILES string of the molecule is c1ccc(N(c2ccc(-n3c4ccccc4c4ccccc43)cc2)c2ncc(-c3ccc4sc5ccccc5c4c3)cn2)cc1. The molecule has 0 aliphatic heterocycles. The summed E-state index contributed by atoms with van der Waals surface area (Å²) in [6, 6.07) is 51.4. The quantitative estimate of drug-likeness (QED) is 0.199. The second kappa shape index (κ2) is 10.4. The van der Waals surface area contributed by atoms with E-state index in [0.29, 0.717) is 5.95 Å². The van der Waals surface area contributed by atoms with E-state index in [9.17, 15) is 0 Å². The van der Waals surface area contributed by atoms with Gasteiger partial charge in [0.15, 0.2) is 0 Å². The summed E-state index contributed by atoms with van der Waals surface area (Å²) in [6.45, 7) is 0. The number of benzene rings is 6. The molecule has 4 nitrogen and oxygen atoms in total. The van der Waals surface area contributed by atoms with Crippen molar-refractivity contribution >= 4 is 70.6 Å². The van der Waals surface area contributed by atoms with Gasteiger partial charge in [-0.3, -0.25) is 4.90 Å². The van der Waals surface area contributed by atoms with E-state index in [-0.39, 0.29) is 0 Å². The molecule has 45 heavy (non-hydrogen) atoms. The van der Waals surface area contributed by atoms with Gasteiger partial charge < -0.3 is 4.57 Å². The summed E-state index contributed by atoms with van der Waals surface area (Å²) in [5.41, 5.74) is 7.59.